The normalized spacial score (nSPS) is 10.9. The van der Waals surface area contributed by atoms with Gasteiger partial charge in [0.2, 0.25) is 0 Å². The first-order chi connectivity index (χ1) is 8.52. The van der Waals surface area contributed by atoms with E-state index in [1.807, 2.05) is 26.8 Å². The molecule has 0 amide bonds. The van der Waals surface area contributed by atoms with Crippen LogP contribution in [0.3, 0.4) is 0 Å². The van der Waals surface area contributed by atoms with Gasteiger partial charge < -0.3 is 10.5 Å². The van der Waals surface area contributed by atoms with E-state index in [4.69, 9.17) is 10.5 Å². The molecule has 6 heteroatoms. The van der Waals surface area contributed by atoms with E-state index >= 15 is 0 Å². The third-order valence-corrected chi connectivity index (χ3v) is 2.71. The SMILES string of the molecule is COCc1nn(-c2nc(C)cc(C)n2)c(N)c1C. The van der Waals surface area contributed by atoms with Crippen molar-refractivity contribution in [2.24, 2.45) is 0 Å². The Hall–Kier alpha value is -1.95. The van der Waals surface area contributed by atoms with Gasteiger partial charge in [0, 0.05) is 24.1 Å². The molecule has 0 aliphatic rings. The van der Waals surface area contributed by atoms with Gasteiger partial charge in [0.1, 0.15) is 5.82 Å². The van der Waals surface area contributed by atoms with E-state index in [9.17, 15) is 0 Å². The average Bonchev–Trinajstić information content (AvgIpc) is 2.57. The minimum Gasteiger partial charge on any atom is -0.383 e. The van der Waals surface area contributed by atoms with Crippen molar-refractivity contribution in [2.75, 3.05) is 12.8 Å². The lowest BCUT2D eigenvalue weighted by Gasteiger charge is -2.04. The Kier molecular flexibility index (Phi) is 3.29. The highest BCUT2D eigenvalue weighted by atomic mass is 16.5. The van der Waals surface area contributed by atoms with Gasteiger partial charge in [-0.15, -0.1) is 0 Å². The Morgan fingerprint density at radius 3 is 2.39 bits per heavy atom. The highest BCUT2D eigenvalue weighted by molar-refractivity contribution is 5.46. The fraction of sp³-hybridized carbons (Fsp3) is 0.417. The highest BCUT2D eigenvalue weighted by Gasteiger charge is 2.14. The first kappa shape index (κ1) is 12.5. The molecule has 2 aromatic rings. The van der Waals surface area contributed by atoms with Crippen LogP contribution in [0.2, 0.25) is 0 Å². The summed E-state index contributed by atoms with van der Waals surface area (Å²) >= 11 is 0. The van der Waals surface area contributed by atoms with Gasteiger partial charge in [-0.25, -0.2) is 9.97 Å². The number of ether oxygens (including phenoxy) is 1. The molecule has 0 bridgehead atoms. The Bertz CT molecular complexity index is 556. The van der Waals surface area contributed by atoms with E-state index in [1.54, 1.807) is 11.8 Å². The summed E-state index contributed by atoms with van der Waals surface area (Å²) < 4.78 is 6.65. The second-order valence-electron chi connectivity index (χ2n) is 4.25. The fourth-order valence-electron chi connectivity index (χ4n) is 1.78. The molecule has 0 unspecified atom stereocenters. The van der Waals surface area contributed by atoms with E-state index in [2.05, 4.69) is 15.1 Å². The summed E-state index contributed by atoms with van der Waals surface area (Å²) in [6, 6.07) is 1.91. The van der Waals surface area contributed by atoms with E-state index in [0.717, 1.165) is 22.6 Å². The lowest BCUT2D eigenvalue weighted by Crippen LogP contribution is -2.08. The zero-order valence-corrected chi connectivity index (χ0v) is 11.1. The molecule has 6 nitrogen and oxygen atoms in total. The number of nitrogens with zero attached hydrogens (tertiary/aromatic N) is 4. The van der Waals surface area contributed by atoms with E-state index in [0.29, 0.717) is 18.4 Å². The van der Waals surface area contributed by atoms with Crippen LogP contribution >= 0.6 is 0 Å². The van der Waals surface area contributed by atoms with Crippen LogP contribution in [0, 0.1) is 20.8 Å². The Morgan fingerprint density at radius 1 is 1.22 bits per heavy atom. The van der Waals surface area contributed by atoms with Crippen molar-refractivity contribution in [3.8, 4) is 5.95 Å². The molecule has 18 heavy (non-hydrogen) atoms. The van der Waals surface area contributed by atoms with Crippen molar-refractivity contribution in [1.82, 2.24) is 19.7 Å². The molecule has 0 saturated carbocycles. The maximum Gasteiger partial charge on any atom is 0.252 e. The van der Waals surface area contributed by atoms with Crippen LogP contribution in [0.15, 0.2) is 6.07 Å². The average molecular weight is 247 g/mol. The minimum atomic E-state index is 0.424. The summed E-state index contributed by atoms with van der Waals surface area (Å²) in [5.74, 6) is 1.04. The van der Waals surface area contributed by atoms with Crippen LogP contribution in [-0.2, 0) is 11.3 Å². The second kappa shape index (κ2) is 4.73. The van der Waals surface area contributed by atoms with Crippen LogP contribution in [0.1, 0.15) is 22.6 Å². The quantitative estimate of drug-likeness (QED) is 0.884. The third-order valence-electron chi connectivity index (χ3n) is 2.71. The molecule has 0 spiro atoms. The predicted octanol–water partition coefficient (Wildman–Crippen LogP) is 1.32. The number of rotatable bonds is 3. The maximum absolute atomic E-state index is 6.03. The van der Waals surface area contributed by atoms with E-state index < -0.39 is 0 Å². The number of aromatic nitrogens is 4. The van der Waals surface area contributed by atoms with Crippen LogP contribution < -0.4 is 5.73 Å². The van der Waals surface area contributed by atoms with Crippen LogP contribution in [0.5, 0.6) is 0 Å². The number of methoxy groups -OCH3 is 1. The summed E-state index contributed by atoms with van der Waals surface area (Å²) in [5.41, 5.74) is 9.51. The Labute approximate surface area is 106 Å². The molecule has 0 aliphatic carbocycles. The maximum atomic E-state index is 6.03. The van der Waals surface area contributed by atoms with Crippen molar-refractivity contribution in [2.45, 2.75) is 27.4 Å². The molecule has 0 saturated heterocycles. The smallest absolute Gasteiger partial charge is 0.252 e. The van der Waals surface area contributed by atoms with Crippen LogP contribution in [0.25, 0.3) is 5.95 Å². The molecule has 2 N–H and O–H groups in total. The number of hydrogen-bond acceptors (Lipinski definition) is 5. The molecular formula is C12H17N5O. The van der Waals surface area contributed by atoms with Gasteiger partial charge in [-0.2, -0.15) is 9.78 Å². The monoisotopic (exact) mass is 247 g/mol. The van der Waals surface area contributed by atoms with Gasteiger partial charge in [-0.1, -0.05) is 0 Å². The molecule has 0 aromatic carbocycles. The molecule has 0 atom stereocenters. The van der Waals surface area contributed by atoms with Gasteiger partial charge in [0.15, 0.2) is 0 Å². The van der Waals surface area contributed by atoms with Gasteiger partial charge in [-0.05, 0) is 26.8 Å². The lowest BCUT2D eigenvalue weighted by molar-refractivity contribution is 0.180. The number of nitrogen functional groups attached to an aromatic ring is 1. The fourth-order valence-corrected chi connectivity index (χ4v) is 1.78. The molecule has 2 aromatic heterocycles. The highest BCUT2D eigenvalue weighted by Crippen LogP contribution is 2.19. The van der Waals surface area contributed by atoms with Crippen molar-refractivity contribution >= 4 is 5.82 Å². The molecule has 0 fully saturated rings. The van der Waals surface area contributed by atoms with Crippen LogP contribution in [-0.4, -0.2) is 26.9 Å². The molecule has 0 radical (unpaired) electrons. The largest absolute Gasteiger partial charge is 0.383 e. The Balaban J connectivity index is 2.53. The zero-order valence-electron chi connectivity index (χ0n) is 11.1. The molecular weight excluding hydrogens is 230 g/mol. The summed E-state index contributed by atoms with van der Waals surface area (Å²) in [7, 11) is 1.63. The van der Waals surface area contributed by atoms with Gasteiger partial charge in [-0.3, -0.25) is 0 Å². The third kappa shape index (κ3) is 2.19. The zero-order chi connectivity index (χ0) is 13.3. The second-order valence-corrected chi connectivity index (χ2v) is 4.25. The van der Waals surface area contributed by atoms with Crippen molar-refractivity contribution < 1.29 is 4.74 Å². The molecule has 96 valence electrons. The van der Waals surface area contributed by atoms with Crippen LogP contribution in [0.4, 0.5) is 5.82 Å². The number of anilines is 1. The van der Waals surface area contributed by atoms with Gasteiger partial charge in [0.05, 0.1) is 12.3 Å². The number of hydrogen-bond donors (Lipinski definition) is 1. The summed E-state index contributed by atoms with van der Waals surface area (Å²) in [5, 5.41) is 4.39. The Morgan fingerprint density at radius 2 is 1.83 bits per heavy atom. The molecule has 2 heterocycles. The minimum absolute atomic E-state index is 0.424. The standard InChI is InChI=1S/C12H17N5O/c1-7-5-8(2)15-12(14-7)17-11(13)9(3)10(16-17)6-18-4/h5H,6,13H2,1-4H3. The number of aryl methyl sites for hydroxylation is 2. The number of nitrogens with two attached hydrogens (primary N) is 1. The molecule has 2 rings (SSSR count). The van der Waals surface area contributed by atoms with Gasteiger partial charge in [0.25, 0.3) is 5.95 Å². The first-order valence-electron chi connectivity index (χ1n) is 5.68. The van der Waals surface area contributed by atoms with E-state index in [-0.39, 0.29) is 0 Å². The van der Waals surface area contributed by atoms with Crippen molar-refractivity contribution in [1.29, 1.82) is 0 Å². The summed E-state index contributed by atoms with van der Waals surface area (Å²) in [4.78, 5) is 8.70. The topological polar surface area (TPSA) is 78.8 Å². The van der Waals surface area contributed by atoms with Crippen molar-refractivity contribution in [3.05, 3.63) is 28.7 Å². The summed E-state index contributed by atoms with van der Waals surface area (Å²) in [6.45, 7) is 6.17. The van der Waals surface area contributed by atoms with Gasteiger partial charge >= 0.3 is 0 Å². The predicted molar refractivity (Wildman–Crippen MR) is 68.5 cm³/mol. The molecule has 0 aliphatic heterocycles. The van der Waals surface area contributed by atoms with Crippen molar-refractivity contribution in [3.63, 3.8) is 0 Å². The lowest BCUT2D eigenvalue weighted by atomic mass is 10.3. The first-order valence-corrected chi connectivity index (χ1v) is 5.68. The van der Waals surface area contributed by atoms with E-state index in [1.165, 1.54) is 0 Å². The summed E-state index contributed by atoms with van der Waals surface area (Å²) in [6.07, 6.45) is 0.